The summed E-state index contributed by atoms with van der Waals surface area (Å²) in [5.74, 6) is 1.15. The summed E-state index contributed by atoms with van der Waals surface area (Å²) >= 11 is 0. The molecule has 2 aliphatic heterocycles. The molecule has 4 aromatic heterocycles. The normalized spacial score (nSPS) is 24.8. The number of hydrogen-bond donors (Lipinski definition) is 1. The molecule has 0 radical (unpaired) electrons. The minimum absolute atomic E-state index is 0.310. The van der Waals surface area contributed by atoms with E-state index < -0.39 is 14.6 Å². The third-order valence-corrected chi connectivity index (χ3v) is 12.3. The Balaban J connectivity index is 1.16. The number of aromatic nitrogens is 5. The zero-order valence-electron chi connectivity index (χ0n) is 22.7. The Morgan fingerprint density at radius 1 is 1.08 bits per heavy atom. The van der Waals surface area contributed by atoms with Crippen LogP contribution < -0.4 is 0 Å². The maximum atomic E-state index is 12.2. The Hall–Kier alpha value is -2.78. The molecule has 3 fully saturated rings. The van der Waals surface area contributed by atoms with Crippen molar-refractivity contribution in [2.75, 3.05) is 18.8 Å². The van der Waals surface area contributed by atoms with Gasteiger partial charge >= 0.3 is 0 Å². The smallest absolute Gasteiger partial charge is 0.158 e. The first kappa shape index (κ1) is 24.3. The molecule has 3 aliphatic rings. The summed E-state index contributed by atoms with van der Waals surface area (Å²) in [5, 5.41) is 4.41. The van der Waals surface area contributed by atoms with E-state index in [0.717, 1.165) is 78.7 Å². The topological polar surface area (TPSA) is 96.2 Å². The molecule has 1 saturated carbocycles. The summed E-state index contributed by atoms with van der Waals surface area (Å²) in [4.78, 5) is 15.8. The number of sulfone groups is 1. The quantitative estimate of drug-likeness (QED) is 0.401. The Bertz CT molecular complexity index is 1670. The van der Waals surface area contributed by atoms with Gasteiger partial charge in [0.2, 0.25) is 0 Å². The largest absolute Gasteiger partial charge is 0.353 e. The monoisotopic (exact) mass is 532 g/mol. The van der Waals surface area contributed by atoms with Crippen molar-refractivity contribution in [1.29, 1.82) is 0 Å². The lowest BCUT2D eigenvalue weighted by atomic mass is 9.80. The second kappa shape index (κ2) is 8.36. The molecule has 1 spiro atoms. The highest BCUT2D eigenvalue weighted by molar-refractivity contribution is 7.94. The van der Waals surface area contributed by atoms with E-state index in [1.165, 1.54) is 16.8 Å². The molecule has 0 atom stereocenters. The van der Waals surface area contributed by atoms with E-state index >= 15 is 0 Å². The molecule has 7 rings (SSSR count). The van der Waals surface area contributed by atoms with Crippen molar-refractivity contribution in [1.82, 2.24) is 29.5 Å². The average molecular weight is 533 g/mol. The molecule has 0 bridgehead atoms. The van der Waals surface area contributed by atoms with Crippen LogP contribution in [0.5, 0.6) is 0 Å². The van der Waals surface area contributed by atoms with Crippen molar-refractivity contribution >= 4 is 26.5 Å². The standard InChI is InChI=1S/C29H36N6O2S/c1-17(2)25-26(22-13-35-28(30-16-31-35)19(4)18(22)3)33-24-10-9-23(32-27(24)25)20-5-7-21(8-6-20)34-14-29(15-34)11-12-38(29,36)37/h9-10,13,16-17,20-21,33H,5-8,11-12,14-15H2,1-4H3. The predicted octanol–water partition coefficient (Wildman–Crippen LogP) is 4.91. The third kappa shape index (κ3) is 3.43. The molecule has 4 aromatic rings. The second-order valence-corrected chi connectivity index (χ2v) is 14.7. The number of pyridine rings is 2. The molecule has 1 N–H and O–H groups in total. The van der Waals surface area contributed by atoms with E-state index in [-0.39, 0.29) is 0 Å². The number of aromatic amines is 1. The van der Waals surface area contributed by atoms with Gasteiger partial charge < -0.3 is 4.98 Å². The molecule has 6 heterocycles. The van der Waals surface area contributed by atoms with E-state index in [1.807, 2.05) is 4.52 Å². The van der Waals surface area contributed by atoms with Gasteiger partial charge in [-0.25, -0.2) is 17.9 Å². The lowest BCUT2D eigenvalue weighted by Crippen LogP contribution is -2.73. The summed E-state index contributed by atoms with van der Waals surface area (Å²) in [6, 6.07) is 4.92. The summed E-state index contributed by atoms with van der Waals surface area (Å²) in [5.41, 5.74) is 10.1. The first-order valence-corrected chi connectivity index (χ1v) is 15.6. The zero-order valence-corrected chi connectivity index (χ0v) is 23.5. The number of nitrogens with zero attached hydrogens (tertiary/aromatic N) is 5. The van der Waals surface area contributed by atoms with Crippen molar-refractivity contribution in [2.45, 2.75) is 82.4 Å². The lowest BCUT2D eigenvalue weighted by molar-refractivity contribution is 0.0382. The molecule has 0 amide bonds. The van der Waals surface area contributed by atoms with Gasteiger partial charge in [-0.1, -0.05) is 13.8 Å². The number of H-pyrrole nitrogens is 1. The van der Waals surface area contributed by atoms with Gasteiger partial charge in [-0.15, -0.1) is 0 Å². The fraction of sp³-hybridized carbons (Fsp3) is 0.552. The fourth-order valence-corrected chi connectivity index (χ4v) is 9.00. The van der Waals surface area contributed by atoms with Gasteiger partial charge in [-0.05, 0) is 75.1 Å². The van der Waals surface area contributed by atoms with Crippen LogP contribution in [0.1, 0.15) is 80.2 Å². The first-order chi connectivity index (χ1) is 18.2. The average Bonchev–Trinajstić information content (AvgIpc) is 3.49. The van der Waals surface area contributed by atoms with Crippen molar-refractivity contribution < 1.29 is 8.42 Å². The summed E-state index contributed by atoms with van der Waals surface area (Å²) < 4.78 is 25.9. The minimum Gasteiger partial charge on any atom is -0.353 e. The van der Waals surface area contributed by atoms with Crippen LogP contribution >= 0.6 is 0 Å². The van der Waals surface area contributed by atoms with Crippen LogP contribution in [-0.4, -0.2) is 67.5 Å². The molecule has 38 heavy (non-hydrogen) atoms. The number of nitrogens with one attached hydrogen (secondary N) is 1. The predicted molar refractivity (Wildman–Crippen MR) is 149 cm³/mol. The Morgan fingerprint density at radius 2 is 1.84 bits per heavy atom. The zero-order chi connectivity index (χ0) is 26.4. The number of fused-ring (bicyclic) bond motifs is 2. The van der Waals surface area contributed by atoms with Crippen LogP contribution in [0.3, 0.4) is 0 Å². The van der Waals surface area contributed by atoms with Gasteiger partial charge in [0, 0.05) is 48.1 Å². The number of aryl methyl sites for hydroxylation is 1. The second-order valence-electron chi connectivity index (χ2n) is 12.2. The van der Waals surface area contributed by atoms with Crippen molar-refractivity contribution in [2.24, 2.45) is 0 Å². The van der Waals surface area contributed by atoms with Crippen LogP contribution in [0, 0.1) is 13.8 Å². The van der Waals surface area contributed by atoms with Crippen molar-refractivity contribution in [3.05, 3.63) is 47.0 Å². The number of likely N-dealkylation sites (tertiary alicyclic amines) is 1. The highest BCUT2D eigenvalue weighted by Crippen LogP contribution is 2.46. The van der Waals surface area contributed by atoms with Gasteiger partial charge in [0.1, 0.15) is 6.33 Å². The van der Waals surface area contributed by atoms with E-state index in [2.05, 4.69) is 66.0 Å². The van der Waals surface area contributed by atoms with Crippen LogP contribution in [0.2, 0.25) is 0 Å². The van der Waals surface area contributed by atoms with E-state index in [0.29, 0.717) is 23.6 Å². The molecular formula is C29H36N6O2S. The van der Waals surface area contributed by atoms with Crippen LogP contribution in [0.15, 0.2) is 24.7 Å². The molecule has 0 unspecified atom stereocenters. The summed E-state index contributed by atoms with van der Waals surface area (Å²) in [6.45, 7) is 10.2. The highest BCUT2D eigenvalue weighted by atomic mass is 32.2. The SMILES string of the molecule is Cc1c(-c2[nH]c3ccc(C4CCC(N5CC6(CCS6(=O)=O)C5)CC4)nc3c2C(C)C)cn2ncnc2c1C. The minimum atomic E-state index is -2.84. The van der Waals surface area contributed by atoms with Crippen LogP contribution in [-0.2, 0) is 9.84 Å². The molecule has 9 heteroatoms. The number of hydrogen-bond acceptors (Lipinski definition) is 6. The van der Waals surface area contributed by atoms with Gasteiger partial charge in [-0.3, -0.25) is 9.88 Å². The first-order valence-electron chi connectivity index (χ1n) is 14.0. The Labute approximate surface area is 223 Å². The third-order valence-electron chi connectivity index (χ3n) is 9.77. The lowest BCUT2D eigenvalue weighted by Gasteiger charge is -2.57. The Kier molecular flexibility index (Phi) is 5.34. The van der Waals surface area contributed by atoms with Gasteiger partial charge in [0.15, 0.2) is 15.5 Å². The van der Waals surface area contributed by atoms with Crippen LogP contribution in [0.25, 0.3) is 27.9 Å². The summed E-state index contributed by atoms with van der Waals surface area (Å²) in [6.07, 6.45) is 8.99. The molecule has 8 nitrogen and oxygen atoms in total. The van der Waals surface area contributed by atoms with E-state index in [1.54, 1.807) is 6.33 Å². The van der Waals surface area contributed by atoms with Gasteiger partial charge in [0.05, 0.1) is 27.2 Å². The highest BCUT2D eigenvalue weighted by Gasteiger charge is 2.60. The van der Waals surface area contributed by atoms with Gasteiger partial charge in [0.25, 0.3) is 0 Å². The fourth-order valence-electron chi connectivity index (χ4n) is 7.16. The molecule has 0 aromatic carbocycles. The van der Waals surface area contributed by atoms with Crippen molar-refractivity contribution in [3.8, 4) is 11.3 Å². The van der Waals surface area contributed by atoms with E-state index in [9.17, 15) is 8.42 Å². The maximum Gasteiger partial charge on any atom is 0.158 e. The van der Waals surface area contributed by atoms with Gasteiger partial charge in [-0.2, -0.15) is 5.10 Å². The van der Waals surface area contributed by atoms with Crippen molar-refractivity contribution in [3.63, 3.8) is 0 Å². The molecule has 1 aliphatic carbocycles. The van der Waals surface area contributed by atoms with Crippen LogP contribution in [0.4, 0.5) is 0 Å². The molecular weight excluding hydrogens is 496 g/mol. The van der Waals surface area contributed by atoms with E-state index in [4.69, 9.17) is 4.98 Å². The molecule has 200 valence electrons. The molecule has 2 saturated heterocycles. The summed E-state index contributed by atoms with van der Waals surface area (Å²) in [7, 11) is -2.84. The number of rotatable bonds is 4. The maximum absolute atomic E-state index is 12.2. The Morgan fingerprint density at radius 3 is 2.50 bits per heavy atom.